The molecule has 0 heterocycles. The summed E-state index contributed by atoms with van der Waals surface area (Å²) >= 11 is 0. The minimum absolute atomic E-state index is 0.370. The van der Waals surface area contributed by atoms with Crippen molar-refractivity contribution in [3.8, 4) is 17.6 Å². The molecule has 0 unspecified atom stereocenters. The first-order chi connectivity index (χ1) is 7.36. The van der Waals surface area contributed by atoms with Crippen LogP contribution in [0.5, 0.6) is 5.75 Å². The number of hydrogen-bond acceptors (Lipinski definition) is 3. The van der Waals surface area contributed by atoms with E-state index in [1.165, 1.54) is 0 Å². The van der Waals surface area contributed by atoms with Gasteiger partial charge in [0.2, 0.25) is 0 Å². The molecule has 3 heteroatoms. The van der Waals surface area contributed by atoms with Gasteiger partial charge >= 0.3 is 0 Å². The Labute approximate surface area is 90.2 Å². The summed E-state index contributed by atoms with van der Waals surface area (Å²) in [6, 6.07) is 7.61. The van der Waals surface area contributed by atoms with Crippen LogP contribution in [0.25, 0.3) is 0 Å². The van der Waals surface area contributed by atoms with Crippen LogP contribution in [0.4, 0.5) is 0 Å². The van der Waals surface area contributed by atoms with Crippen molar-refractivity contribution < 1.29 is 9.47 Å². The summed E-state index contributed by atoms with van der Waals surface area (Å²) < 4.78 is 10.3. The first-order valence-electron chi connectivity index (χ1n) is 4.77. The van der Waals surface area contributed by atoms with Gasteiger partial charge in [0.1, 0.15) is 12.4 Å². The maximum Gasteiger partial charge on any atom is 0.120 e. The van der Waals surface area contributed by atoms with Gasteiger partial charge in [-0.1, -0.05) is 17.9 Å². The second-order valence-corrected chi connectivity index (χ2v) is 2.87. The highest BCUT2D eigenvalue weighted by Crippen LogP contribution is 2.12. The van der Waals surface area contributed by atoms with Gasteiger partial charge in [0.15, 0.2) is 0 Å². The van der Waals surface area contributed by atoms with Gasteiger partial charge < -0.3 is 15.2 Å². The number of nitrogens with two attached hydrogens (primary N) is 1. The van der Waals surface area contributed by atoms with E-state index < -0.39 is 0 Å². The second kappa shape index (κ2) is 6.88. The highest BCUT2D eigenvalue weighted by molar-refractivity contribution is 5.39. The van der Waals surface area contributed by atoms with Gasteiger partial charge in [0.25, 0.3) is 0 Å². The molecule has 80 valence electrons. The molecular formula is C12H15NO2. The Kier molecular flexibility index (Phi) is 5.31. The summed E-state index contributed by atoms with van der Waals surface area (Å²) in [5, 5.41) is 0. The van der Waals surface area contributed by atoms with Gasteiger partial charge in [-0.15, -0.1) is 0 Å². The molecule has 0 amide bonds. The molecule has 2 N–H and O–H groups in total. The van der Waals surface area contributed by atoms with Crippen LogP contribution in [0.2, 0.25) is 0 Å². The zero-order valence-electron chi connectivity index (χ0n) is 8.82. The number of benzene rings is 1. The topological polar surface area (TPSA) is 44.5 Å². The Morgan fingerprint density at radius 2 is 2.20 bits per heavy atom. The molecule has 0 fully saturated rings. The zero-order valence-corrected chi connectivity index (χ0v) is 8.82. The molecule has 0 atom stereocenters. The first kappa shape index (κ1) is 11.6. The van der Waals surface area contributed by atoms with Crippen molar-refractivity contribution >= 4 is 0 Å². The lowest BCUT2D eigenvalue weighted by molar-refractivity contribution is 0.146. The van der Waals surface area contributed by atoms with E-state index in [0.29, 0.717) is 19.8 Å². The van der Waals surface area contributed by atoms with Crippen LogP contribution in [0.1, 0.15) is 5.56 Å². The molecule has 0 aliphatic carbocycles. The van der Waals surface area contributed by atoms with Crippen molar-refractivity contribution in [2.45, 2.75) is 0 Å². The maximum atomic E-state index is 5.44. The summed E-state index contributed by atoms with van der Waals surface area (Å²) in [7, 11) is 1.65. The van der Waals surface area contributed by atoms with Crippen LogP contribution in [0, 0.1) is 11.8 Å². The van der Waals surface area contributed by atoms with Crippen molar-refractivity contribution in [3.05, 3.63) is 29.8 Å². The molecule has 0 saturated carbocycles. The average Bonchev–Trinajstić information content (AvgIpc) is 2.27. The Morgan fingerprint density at radius 3 is 2.93 bits per heavy atom. The number of hydrogen-bond donors (Lipinski definition) is 1. The molecule has 0 aliphatic heterocycles. The maximum absolute atomic E-state index is 5.44. The summed E-state index contributed by atoms with van der Waals surface area (Å²) in [6.45, 7) is 1.50. The van der Waals surface area contributed by atoms with E-state index in [2.05, 4.69) is 11.8 Å². The summed E-state index contributed by atoms with van der Waals surface area (Å²) in [6.07, 6.45) is 0. The lowest BCUT2D eigenvalue weighted by atomic mass is 10.2. The fourth-order valence-corrected chi connectivity index (χ4v) is 1.06. The third kappa shape index (κ3) is 4.50. The fraction of sp³-hybridized carbons (Fsp3) is 0.333. The summed E-state index contributed by atoms with van der Waals surface area (Å²) in [5.41, 5.74) is 6.20. The molecule has 15 heavy (non-hydrogen) atoms. The molecule has 3 nitrogen and oxygen atoms in total. The minimum Gasteiger partial charge on any atom is -0.491 e. The highest BCUT2D eigenvalue weighted by atomic mass is 16.5. The molecule has 0 spiro atoms. The molecule has 0 aromatic heterocycles. The summed E-state index contributed by atoms with van der Waals surface area (Å²) in [4.78, 5) is 0. The van der Waals surface area contributed by atoms with Crippen molar-refractivity contribution in [3.63, 3.8) is 0 Å². The normalized spacial score (nSPS) is 9.20. The fourth-order valence-electron chi connectivity index (χ4n) is 1.06. The van der Waals surface area contributed by atoms with Crippen molar-refractivity contribution in [2.24, 2.45) is 5.73 Å². The summed E-state index contributed by atoms with van der Waals surface area (Å²) in [5.74, 6) is 6.55. The molecule has 0 radical (unpaired) electrons. The predicted octanol–water partition coefficient (Wildman–Crippen LogP) is 1.02. The van der Waals surface area contributed by atoms with Crippen LogP contribution in [-0.4, -0.2) is 26.9 Å². The largest absolute Gasteiger partial charge is 0.491 e. The van der Waals surface area contributed by atoms with Gasteiger partial charge in [-0.3, -0.25) is 0 Å². The van der Waals surface area contributed by atoms with E-state index in [4.69, 9.17) is 15.2 Å². The Hall–Kier alpha value is -1.50. The van der Waals surface area contributed by atoms with E-state index in [0.717, 1.165) is 11.3 Å². The van der Waals surface area contributed by atoms with Gasteiger partial charge in [-0.05, 0) is 18.2 Å². The van der Waals surface area contributed by atoms with Crippen LogP contribution < -0.4 is 10.5 Å². The van der Waals surface area contributed by atoms with Crippen LogP contribution in [0.3, 0.4) is 0 Å². The quantitative estimate of drug-likeness (QED) is 0.589. The van der Waals surface area contributed by atoms with E-state index >= 15 is 0 Å². The number of methoxy groups -OCH3 is 1. The Bertz CT molecular complexity index is 352. The Balaban J connectivity index is 2.57. The van der Waals surface area contributed by atoms with Crippen molar-refractivity contribution in [1.82, 2.24) is 0 Å². The van der Waals surface area contributed by atoms with Gasteiger partial charge in [-0.25, -0.2) is 0 Å². The molecule has 1 aromatic rings. The molecule has 1 rings (SSSR count). The zero-order chi connectivity index (χ0) is 10.9. The molecular weight excluding hydrogens is 190 g/mol. The molecule has 0 aliphatic rings. The number of ether oxygens (including phenoxy) is 2. The van der Waals surface area contributed by atoms with Crippen LogP contribution in [0.15, 0.2) is 24.3 Å². The Morgan fingerprint density at radius 1 is 1.33 bits per heavy atom. The van der Waals surface area contributed by atoms with Crippen molar-refractivity contribution in [1.29, 1.82) is 0 Å². The standard InChI is InChI=1S/C12H15NO2/c1-14-8-9-15-12-6-2-4-11(10-12)5-3-7-13/h2,4,6,10H,7-9,13H2,1H3. The van der Waals surface area contributed by atoms with E-state index in [9.17, 15) is 0 Å². The average molecular weight is 205 g/mol. The van der Waals surface area contributed by atoms with Gasteiger partial charge in [0, 0.05) is 12.7 Å². The third-order valence-corrected chi connectivity index (χ3v) is 1.73. The van der Waals surface area contributed by atoms with Gasteiger partial charge in [-0.2, -0.15) is 0 Å². The van der Waals surface area contributed by atoms with Crippen LogP contribution >= 0.6 is 0 Å². The monoisotopic (exact) mass is 205 g/mol. The highest BCUT2D eigenvalue weighted by Gasteiger charge is 1.94. The van der Waals surface area contributed by atoms with Gasteiger partial charge in [0.05, 0.1) is 13.2 Å². The molecule has 1 aromatic carbocycles. The van der Waals surface area contributed by atoms with Crippen LogP contribution in [-0.2, 0) is 4.74 Å². The predicted molar refractivity (Wildman–Crippen MR) is 59.7 cm³/mol. The minimum atomic E-state index is 0.370. The van der Waals surface area contributed by atoms with E-state index in [-0.39, 0.29) is 0 Å². The SMILES string of the molecule is COCCOc1cccc(C#CCN)c1. The third-order valence-electron chi connectivity index (χ3n) is 1.73. The molecule has 0 bridgehead atoms. The second-order valence-electron chi connectivity index (χ2n) is 2.87. The lowest BCUT2D eigenvalue weighted by Crippen LogP contribution is -2.04. The molecule has 0 saturated heterocycles. The van der Waals surface area contributed by atoms with E-state index in [1.54, 1.807) is 7.11 Å². The van der Waals surface area contributed by atoms with Crippen molar-refractivity contribution in [2.75, 3.05) is 26.9 Å². The first-order valence-corrected chi connectivity index (χ1v) is 4.77. The smallest absolute Gasteiger partial charge is 0.120 e. The number of rotatable bonds is 4. The lowest BCUT2D eigenvalue weighted by Gasteiger charge is -2.04. The van der Waals surface area contributed by atoms with E-state index in [1.807, 2.05) is 24.3 Å².